The number of para-hydroxylation sites is 1. The van der Waals surface area contributed by atoms with Crippen LogP contribution in [0.3, 0.4) is 0 Å². The molecule has 2 unspecified atom stereocenters. The van der Waals surface area contributed by atoms with Gasteiger partial charge in [-0.3, -0.25) is 15.2 Å². The summed E-state index contributed by atoms with van der Waals surface area (Å²) in [6, 6.07) is 9.07. The van der Waals surface area contributed by atoms with E-state index in [2.05, 4.69) is 5.43 Å². The van der Waals surface area contributed by atoms with E-state index in [0.717, 1.165) is 18.5 Å². The van der Waals surface area contributed by atoms with E-state index >= 15 is 0 Å². The number of aliphatic hydroxyl groups is 1. The molecule has 1 amide bonds. The Morgan fingerprint density at radius 2 is 1.96 bits per heavy atom. The molecule has 1 aromatic rings. The van der Waals surface area contributed by atoms with Crippen molar-refractivity contribution in [3.05, 3.63) is 30.3 Å². The standard InChI is InChI=1S/C18H29N3O2/c1-2-21(15-11-7-4-8-12-15)20-18(23)17(22)16(19)13-14-9-5-3-6-10-14/h4,7-8,11-12,14,16-17,22H,2-3,5-6,9-10,13,19H2,1H3,(H,20,23). The predicted octanol–water partition coefficient (Wildman–Crippen LogP) is 2.20. The predicted molar refractivity (Wildman–Crippen MR) is 92.8 cm³/mol. The van der Waals surface area contributed by atoms with Gasteiger partial charge in [0, 0.05) is 12.6 Å². The van der Waals surface area contributed by atoms with Crippen LogP contribution in [0.5, 0.6) is 0 Å². The van der Waals surface area contributed by atoms with Crippen molar-refractivity contribution in [3.63, 3.8) is 0 Å². The van der Waals surface area contributed by atoms with Gasteiger partial charge in [0.15, 0.2) is 0 Å². The van der Waals surface area contributed by atoms with E-state index in [1.807, 2.05) is 37.3 Å². The number of nitrogens with zero attached hydrogens (tertiary/aromatic N) is 1. The van der Waals surface area contributed by atoms with Crippen molar-refractivity contribution in [2.75, 3.05) is 11.6 Å². The molecule has 1 aliphatic rings. The van der Waals surface area contributed by atoms with Gasteiger partial charge in [0.25, 0.3) is 5.91 Å². The first-order chi connectivity index (χ1) is 11.1. The second-order valence-corrected chi connectivity index (χ2v) is 6.40. The van der Waals surface area contributed by atoms with Crippen LogP contribution in [-0.2, 0) is 4.79 Å². The van der Waals surface area contributed by atoms with Crippen LogP contribution < -0.4 is 16.2 Å². The van der Waals surface area contributed by atoms with Crippen LogP contribution in [0.15, 0.2) is 30.3 Å². The first kappa shape index (κ1) is 17.8. The molecule has 23 heavy (non-hydrogen) atoms. The Morgan fingerprint density at radius 1 is 1.30 bits per heavy atom. The zero-order chi connectivity index (χ0) is 16.7. The van der Waals surface area contributed by atoms with Crippen LogP contribution in [-0.4, -0.2) is 29.7 Å². The van der Waals surface area contributed by atoms with Gasteiger partial charge in [-0.15, -0.1) is 0 Å². The first-order valence-electron chi connectivity index (χ1n) is 8.68. The fraction of sp³-hybridized carbons (Fsp3) is 0.611. The van der Waals surface area contributed by atoms with Crippen molar-refractivity contribution >= 4 is 11.6 Å². The first-order valence-corrected chi connectivity index (χ1v) is 8.68. The van der Waals surface area contributed by atoms with Gasteiger partial charge in [0.1, 0.15) is 6.10 Å². The number of carbonyl (C=O) groups is 1. The number of nitrogens with one attached hydrogen (secondary N) is 1. The summed E-state index contributed by atoms with van der Waals surface area (Å²) in [5.74, 6) is 0.108. The molecule has 0 saturated heterocycles. The average molecular weight is 319 g/mol. The number of carbonyl (C=O) groups excluding carboxylic acids is 1. The minimum atomic E-state index is -1.17. The van der Waals surface area contributed by atoms with Crippen LogP contribution in [0, 0.1) is 5.92 Å². The molecule has 5 nitrogen and oxygen atoms in total. The molecule has 0 bridgehead atoms. The number of nitrogens with two attached hydrogens (primary N) is 1. The van der Waals surface area contributed by atoms with E-state index in [-0.39, 0.29) is 0 Å². The maximum atomic E-state index is 12.3. The van der Waals surface area contributed by atoms with Gasteiger partial charge >= 0.3 is 0 Å². The van der Waals surface area contributed by atoms with Crippen LogP contribution in [0.4, 0.5) is 5.69 Å². The third-order valence-electron chi connectivity index (χ3n) is 4.63. The average Bonchev–Trinajstić information content (AvgIpc) is 2.60. The van der Waals surface area contributed by atoms with E-state index in [0.29, 0.717) is 18.9 Å². The summed E-state index contributed by atoms with van der Waals surface area (Å²) in [5.41, 5.74) is 9.73. The van der Waals surface area contributed by atoms with Crippen molar-refractivity contribution in [1.29, 1.82) is 0 Å². The van der Waals surface area contributed by atoms with E-state index < -0.39 is 18.1 Å². The van der Waals surface area contributed by atoms with E-state index in [4.69, 9.17) is 5.73 Å². The van der Waals surface area contributed by atoms with Gasteiger partial charge in [-0.25, -0.2) is 0 Å². The summed E-state index contributed by atoms with van der Waals surface area (Å²) in [7, 11) is 0. The topological polar surface area (TPSA) is 78.6 Å². The van der Waals surface area contributed by atoms with Crippen LogP contribution in [0.1, 0.15) is 45.4 Å². The Balaban J connectivity index is 1.87. The van der Waals surface area contributed by atoms with Gasteiger partial charge in [-0.05, 0) is 31.4 Å². The summed E-state index contributed by atoms with van der Waals surface area (Å²) >= 11 is 0. The number of benzene rings is 1. The Kier molecular flexibility index (Phi) is 6.86. The lowest BCUT2D eigenvalue weighted by molar-refractivity contribution is -0.130. The third kappa shape index (κ3) is 5.22. The van der Waals surface area contributed by atoms with Crippen molar-refractivity contribution in [3.8, 4) is 0 Å². The number of hydrogen-bond donors (Lipinski definition) is 3. The molecule has 1 fully saturated rings. The minimum absolute atomic E-state index is 0.431. The molecule has 0 radical (unpaired) electrons. The summed E-state index contributed by atoms with van der Waals surface area (Å²) in [6.07, 6.45) is 5.62. The summed E-state index contributed by atoms with van der Waals surface area (Å²) in [6.45, 7) is 2.56. The Bertz CT molecular complexity index is 474. The third-order valence-corrected chi connectivity index (χ3v) is 4.63. The summed E-state index contributed by atoms with van der Waals surface area (Å²) < 4.78 is 0. The van der Waals surface area contributed by atoms with E-state index in [1.54, 1.807) is 5.01 Å². The van der Waals surface area contributed by atoms with E-state index in [1.165, 1.54) is 19.3 Å². The molecule has 2 atom stereocenters. The van der Waals surface area contributed by atoms with Gasteiger partial charge in [0.2, 0.25) is 0 Å². The van der Waals surface area contributed by atoms with Gasteiger partial charge in [-0.1, -0.05) is 50.3 Å². The van der Waals surface area contributed by atoms with E-state index in [9.17, 15) is 9.90 Å². The Labute approximate surface area is 138 Å². The smallest absolute Gasteiger partial charge is 0.268 e. The zero-order valence-corrected chi connectivity index (χ0v) is 13.9. The molecule has 0 spiro atoms. The maximum Gasteiger partial charge on any atom is 0.268 e. The lowest BCUT2D eigenvalue weighted by Gasteiger charge is -2.29. The van der Waals surface area contributed by atoms with Crippen molar-refractivity contribution in [1.82, 2.24) is 5.43 Å². The van der Waals surface area contributed by atoms with Crippen LogP contribution in [0.25, 0.3) is 0 Å². The van der Waals surface area contributed by atoms with Crippen molar-refractivity contribution < 1.29 is 9.90 Å². The van der Waals surface area contributed by atoms with Gasteiger partial charge < -0.3 is 10.8 Å². The largest absolute Gasteiger partial charge is 0.382 e. The summed E-state index contributed by atoms with van der Waals surface area (Å²) in [4.78, 5) is 12.3. The normalized spacial score (nSPS) is 18.2. The Morgan fingerprint density at radius 3 is 2.57 bits per heavy atom. The molecule has 5 heteroatoms. The molecule has 1 aromatic carbocycles. The molecule has 2 rings (SSSR count). The molecule has 0 heterocycles. The number of amides is 1. The number of anilines is 1. The molecule has 0 aromatic heterocycles. The highest BCUT2D eigenvalue weighted by atomic mass is 16.3. The zero-order valence-electron chi connectivity index (χ0n) is 13.9. The molecule has 128 valence electrons. The van der Waals surface area contributed by atoms with Crippen molar-refractivity contribution in [2.45, 2.75) is 57.6 Å². The van der Waals surface area contributed by atoms with Gasteiger partial charge in [0.05, 0.1) is 5.69 Å². The highest BCUT2D eigenvalue weighted by molar-refractivity contribution is 5.82. The fourth-order valence-electron chi connectivity index (χ4n) is 3.26. The second kappa shape index (κ2) is 8.89. The fourth-order valence-corrected chi connectivity index (χ4v) is 3.26. The van der Waals surface area contributed by atoms with Crippen molar-refractivity contribution in [2.24, 2.45) is 11.7 Å². The monoisotopic (exact) mass is 319 g/mol. The molecule has 1 saturated carbocycles. The number of hydrazine groups is 1. The van der Waals surface area contributed by atoms with Gasteiger partial charge in [-0.2, -0.15) is 0 Å². The molecular weight excluding hydrogens is 290 g/mol. The van der Waals surface area contributed by atoms with Crippen LogP contribution >= 0.6 is 0 Å². The lowest BCUT2D eigenvalue weighted by Crippen LogP contribution is -2.52. The minimum Gasteiger partial charge on any atom is -0.382 e. The quantitative estimate of drug-likeness (QED) is 0.673. The highest BCUT2D eigenvalue weighted by Gasteiger charge is 2.27. The molecular formula is C18H29N3O2. The van der Waals surface area contributed by atoms with Crippen LogP contribution in [0.2, 0.25) is 0 Å². The number of rotatable bonds is 7. The highest BCUT2D eigenvalue weighted by Crippen LogP contribution is 2.27. The Hall–Kier alpha value is -1.59. The maximum absolute atomic E-state index is 12.3. The number of hydrogen-bond acceptors (Lipinski definition) is 4. The molecule has 1 aliphatic carbocycles. The second-order valence-electron chi connectivity index (χ2n) is 6.40. The lowest BCUT2D eigenvalue weighted by atomic mass is 9.84. The molecule has 4 N–H and O–H groups in total. The SMILES string of the molecule is CCN(NC(=O)C(O)C(N)CC1CCCCC1)c1ccccc1. The molecule has 0 aliphatic heterocycles. The summed E-state index contributed by atoms with van der Waals surface area (Å²) in [5, 5.41) is 12.0. The number of aliphatic hydroxyl groups excluding tert-OH is 1.